The number of pyridine rings is 1. The van der Waals surface area contributed by atoms with Crippen LogP contribution in [0.25, 0.3) is 11.7 Å². The van der Waals surface area contributed by atoms with Crippen LogP contribution in [0.3, 0.4) is 0 Å². The lowest BCUT2D eigenvalue weighted by atomic mass is 10.1. The zero-order valence-corrected chi connectivity index (χ0v) is 16.9. The molecule has 0 amide bonds. The fourth-order valence-corrected chi connectivity index (χ4v) is 3.44. The quantitative estimate of drug-likeness (QED) is 0.338. The van der Waals surface area contributed by atoms with Crippen molar-refractivity contribution in [3.63, 3.8) is 0 Å². The van der Waals surface area contributed by atoms with Crippen LogP contribution < -0.4 is 0 Å². The minimum Gasteiger partial charge on any atom is -0.454 e. The van der Waals surface area contributed by atoms with Crippen LogP contribution in [0.4, 0.5) is 0 Å². The van der Waals surface area contributed by atoms with Crippen molar-refractivity contribution in [2.24, 2.45) is 0 Å². The van der Waals surface area contributed by atoms with Gasteiger partial charge in [-0.25, -0.2) is 9.78 Å². The maximum atomic E-state index is 12.5. The molecule has 0 bridgehead atoms. The molecule has 0 atom stereocenters. The van der Waals surface area contributed by atoms with Crippen LogP contribution in [-0.2, 0) is 16.1 Å². The van der Waals surface area contributed by atoms with E-state index >= 15 is 0 Å². The Morgan fingerprint density at radius 3 is 2.82 bits per heavy atom. The summed E-state index contributed by atoms with van der Waals surface area (Å²) < 4.78 is 8.98. The minimum atomic E-state index is -0.613. The van der Waals surface area contributed by atoms with Gasteiger partial charge >= 0.3 is 5.97 Å². The number of imidazole rings is 1. The van der Waals surface area contributed by atoms with Gasteiger partial charge in [0.2, 0.25) is 5.78 Å². The number of halogens is 1. The van der Waals surface area contributed by atoms with Gasteiger partial charge in [0.05, 0.1) is 5.69 Å². The number of ether oxygens (including phenoxy) is 1. The number of carbonyl (C=O) groups is 2. The molecule has 0 aliphatic rings. The van der Waals surface area contributed by atoms with E-state index in [9.17, 15) is 9.59 Å². The van der Waals surface area contributed by atoms with Crippen molar-refractivity contribution >= 4 is 35.1 Å². The molecule has 0 aliphatic heterocycles. The molecule has 3 aromatic heterocycles. The Labute approximate surface area is 168 Å². The molecule has 0 radical (unpaired) electrons. The van der Waals surface area contributed by atoms with Gasteiger partial charge in [-0.05, 0) is 44.5 Å². The molecule has 0 unspecified atom stereocenters. The van der Waals surface area contributed by atoms with E-state index in [0.29, 0.717) is 16.9 Å². The predicted molar refractivity (Wildman–Crippen MR) is 109 cm³/mol. The molecule has 0 saturated heterocycles. The molecular formula is C21H22ClN3O3. The fourth-order valence-electron chi connectivity index (χ4n) is 3.20. The van der Waals surface area contributed by atoms with Crippen molar-refractivity contribution in [2.75, 3.05) is 6.61 Å². The summed E-state index contributed by atoms with van der Waals surface area (Å²) >= 11 is 6.13. The van der Waals surface area contributed by atoms with E-state index in [1.54, 1.807) is 10.6 Å². The van der Waals surface area contributed by atoms with Gasteiger partial charge in [-0.2, -0.15) is 0 Å². The third-order valence-electron chi connectivity index (χ3n) is 4.57. The number of esters is 1. The topological polar surface area (TPSA) is 65.6 Å². The lowest BCUT2D eigenvalue weighted by Crippen LogP contribution is -2.13. The lowest BCUT2D eigenvalue weighted by molar-refractivity contribution is -0.136. The fraction of sp³-hybridized carbons (Fsp3) is 0.286. The van der Waals surface area contributed by atoms with Gasteiger partial charge in [-0.15, -0.1) is 0 Å². The highest BCUT2D eigenvalue weighted by atomic mass is 35.5. The van der Waals surface area contributed by atoms with Gasteiger partial charge in [0.15, 0.2) is 11.8 Å². The molecule has 0 spiro atoms. The Kier molecular flexibility index (Phi) is 5.99. The van der Waals surface area contributed by atoms with Crippen LogP contribution in [0.5, 0.6) is 0 Å². The van der Waals surface area contributed by atoms with Crippen LogP contribution in [-0.4, -0.2) is 32.3 Å². The van der Waals surface area contributed by atoms with Gasteiger partial charge in [-0.3, -0.25) is 9.20 Å². The molecule has 0 N–H and O–H groups in total. The summed E-state index contributed by atoms with van der Waals surface area (Å²) in [6.45, 7) is 6.51. The van der Waals surface area contributed by atoms with E-state index < -0.39 is 5.97 Å². The summed E-state index contributed by atoms with van der Waals surface area (Å²) in [7, 11) is 0. The smallest absolute Gasteiger partial charge is 0.331 e. The Morgan fingerprint density at radius 2 is 2.07 bits per heavy atom. The summed E-state index contributed by atoms with van der Waals surface area (Å²) in [5.41, 5.74) is 3.76. The Hall–Kier alpha value is -2.86. The number of aryl methyl sites for hydroxylation is 1. The molecule has 0 aliphatic carbocycles. The van der Waals surface area contributed by atoms with Gasteiger partial charge in [0.1, 0.15) is 5.65 Å². The minimum absolute atomic E-state index is 0.218. The SMILES string of the molecule is CCCn1c(C)cc(C(=O)COC(=O)/C=C/c2c(Cl)nc3ccccn23)c1C. The van der Waals surface area contributed by atoms with Gasteiger partial charge in [0.25, 0.3) is 0 Å². The molecule has 6 nitrogen and oxygen atoms in total. The Bertz CT molecular complexity index is 1060. The number of hydrogen-bond acceptors (Lipinski definition) is 4. The molecule has 146 valence electrons. The first-order valence-electron chi connectivity index (χ1n) is 9.09. The number of carbonyl (C=O) groups excluding carboxylic acids is 2. The highest BCUT2D eigenvalue weighted by Gasteiger charge is 2.16. The average Bonchev–Trinajstić information content (AvgIpc) is 3.15. The highest BCUT2D eigenvalue weighted by Crippen LogP contribution is 2.19. The zero-order chi connectivity index (χ0) is 20.3. The molecule has 0 aromatic carbocycles. The number of aromatic nitrogens is 3. The molecule has 3 aromatic rings. The maximum Gasteiger partial charge on any atom is 0.331 e. The standard InChI is InChI=1S/C21H22ClN3O3/c1-4-10-24-14(2)12-16(15(24)3)18(26)13-28-20(27)9-8-17-21(22)23-19-7-5-6-11-25(17)19/h5-9,11-12H,4,10,13H2,1-3H3/b9-8+. The Morgan fingerprint density at radius 1 is 1.29 bits per heavy atom. The normalized spacial score (nSPS) is 11.4. The van der Waals surface area contributed by atoms with Crippen LogP contribution in [0.2, 0.25) is 5.15 Å². The van der Waals surface area contributed by atoms with E-state index in [1.807, 2.05) is 38.1 Å². The second-order valence-electron chi connectivity index (χ2n) is 6.52. The summed E-state index contributed by atoms with van der Waals surface area (Å²) in [6, 6.07) is 7.35. The first-order chi connectivity index (χ1) is 13.4. The van der Waals surface area contributed by atoms with E-state index in [2.05, 4.69) is 16.5 Å². The summed E-state index contributed by atoms with van der Waals surface area (Å²) in [5.74, 6) is -0.831. The number of hydrogen-bond donors (Lipinski definition) is 0. The molecule has 7 heteroatoms. The van der Waals surface area contributed by atoms with E-state index in [4.69, 9.17) is 16.3 Å². The van der Waals surface area contributed by atoms with Crippen molar-refractivity contribution in [1.29, 1.82) is 0 Å². The number of fused-ring (bicyclic) bond motifs is 1. The number of ketones is 1. The number of rotatable bonds is 7. The van der Waals surface area contributed by atoms with Crippen LogP contribution in [0.15, 0.2) is 36.5 Å². The average molecular weight is 400 g/mol. The first-order valence-corrected chi connectivity index (χ1v) is 9.47. The molecular weight excluding hydrogens is 378 g/mol. The van der Waals surface area contributed by atoms with Crippen molar-refractivity contribution in [3.8, 4) is 0 Å². The zero-order valence-electron chi connectivity index (χ0n) is 16.1. The van der Waals surface area contributed by atoms with Crippen LogP contribution in [0.1, 0.15) is 40.8 Å². The third-order valence-corrected chi connectivity index (χ3v) is 4.84. The molecule has 28 heavy (non-hydrogen) atoms. The third kappa shape index (κ3) is 4.02. The number of Topliss-reactive ketones (excluding diaryl/α,β-unsaturated/α-hetero) is 1. The largest absolute Gasteiger partial charge is 0.454 e. The second-order valence-corrected chi connectivity index (χ2v) is 6.88. The highest BCUT2D eigenvalue weighted by molar-refractivity contribution is 6.31. The van der Waals surface area contributed by atoms with Gasteiger partial charge < -0.3 is 9.30 Å². The summed E-state index contributed by atoms with van der Waals surface area (Å²) in [5, 5.41) is 0.287. The second kappa shape index (κ2) is 8.44. The molecule has 0 fully saturated rings. The molecule has 3 heterocycles. The summed E-state index contributed by atoms with van der Waals surface area (Å²) in [4.78, 5) is 28.7. The van der Waals surface area contributed by atoms with Crippen molar-refractivity contribution in [1.82, 2.24) is 14.0 Å². The molecule has 0 saturated carbocycles. The maximum absolute atomic E-state index is 12.5. The first kappa shape index (κ1) is 19.9. The van der Waals surface area contributed by atoms with Crippen molar-refractivity contribution < 1.29 is 14.3 Å². The van der Waals surface area contributed by atoms with Crippen molar-refractivity contribution in [3.05, 3.63) is 64.3 Å². The van der Waals surface area contributed by atoms with E-state index in [0.717, 1.165) is 24.4 Å². The van der Waals surface area contributed by atoms with E-state index in [1.165, 1.54) is 12.2 Å². The van der Waals surface area contributed by atoms with Crippen LogP contribution in [0, 0.1) is 13.8 Å². The Balaban J connectivity index is 1.66. The van der Waals surface area contributed by atoms with Crippen LogP contribution >= 0.6 is 11.6 Å². The lowest BCUT2D eigenvalue weighted by Gasteiger charge is -2.07. The van der Waals surface area contributed by atoms with E-state index in [-0.39, 0.29) is 17.5 Å². The van der Waals surface area contributed by atoms with Gasteiger partial charge in [-0.1, -0.05) is 24.6 Å². The molecule has 3 rings (SSSR count). The number of nitrogens with zero attached hydrogens (tertiary/aromatic N) is 3. The summed E-state index contributed by atoms with van der Waals surface area (Å²) in [6.07, 6.45) is 5.56. The van der Waals surface area contributed by atoms with Gasteiger partial charge in [0, 0.05) is 35.8 Å². The monoisotopic (exact) mass is 399 g/mol. The van der Waals surface area contributed by atoms with Crippen molar-refractivity contribution in [2.45, 2.75) is 33.7 Å². The predicted octanol–water partition coefficient (Wildman–Crippen LogP) is 4.26.